The molecular weight excluding hydrogens is 224 g/mol. The Bertz CT molecular complexity index is 356. The summed E-state index contributed by atoms with van der Waals surface area (Å²) >= 11 is 0. The third-order valence-corrected chi connectivity index (χ3v) is 3.86. The summed E-state index contributed by atoms with van der Waals surface area (Å²) in [4.78, 5) is 4.87. The van der Waals surface area contributed by atoms with Crippen LogP contribution < -0.4 is 0 Å². The van der Waals surface area contributed by atoms with Gasteiger partial charge in [-0.1, -0.05) is 30.3 Å². The quantitative estimate of drug-likeness (QED) is 0.876. The molecule has 0 saturated carbocycles. The van der Waals surface area contributed by atoms with Gasteiger partial charge in [0.25, 0.3) is 0 Å². The van der Waals surface area contributed by atoms with Gasteiger partial charge in [-0.25, -0.2) is 0 Å². The summed E-state index contributed by atoms with van der Waals surface area (Å²) in [5.74, 6) is 0. The molecule has 2 rings (SSSR count). The van der Waals surface area contributed by atoms with E-state index in [1.165, 1.54) is 5.56 Å². The zero-order valence-electron chi connectivity index (χ0n) is 11.5. The van der Waals surface area contributed by atoms with Crippen molar-refractivity contribution in [2.45, 2.75) is 25.9 Å². The molecule has 1 N–H and O–H groups in total. The van der Waals surface area contributed by atoms with Gasteiger partial charge >= 0.3 is 0 Å². The van der Waals surface area contributed by atoms with Crippen LogP contribution in [0.5, 0.6) is 0 Å². The van der Waals surface area contributed by atoms with Crippen LogP contribution >= 0.6 is 0 Å². The van der Waals surface area contributed by atoms with Crippen molar-refractivity contribution in [2.24, 2.45) is 0 Å². The molecule has 1 heterocycles. The van der Waals surface area contributed by atoms with E-state index in [1.807, 2.05) is 0 Å². The summed E-state index contributed by atoms with van der Waals surface area (Å²) in [5, 5.41) is 9.39. The molecule has 3 heteroatoms. The van der Waals surface area contributed by atoms with Gasteiger partial charge in [0.2, 0.25) is 0 Å². The zero-order chi connectivity index (χ0) is 13.0. The fraction of sp³-hybridized carbons (Fsp3) is 0.600. The molecule has 18 heavy (non-hydrogen) atoms. The Hall–Kier alpha value is -0.900. The fourth-order valence-electron chi connectivity index (χ4n) is 2.45. The molecule has 0 bridgehead atoms. The molecule has 1 aromatic rings. The Balaban J connectivity index is 1.84. The Labute approximate surface area is 110 Å². The molecule has 0 unspecified atom stereocenters. The highest BCUT2D eigenvalue weighted by molar-refractivity contribution is 5.14. The van der Waals surface area contributed by atoms with E-state index in [1.54, 1.807) is 0 Å². The molecular formula is C15H24N2O. The van der Waals surface area contributed by atoms with Crippen molar-refractivity contribution in [1.82, 2.24) is 9.80 Å². The SMILES string of the molecule is CC(C)(CO)N1CCN(Cc2ccccc2)CC1. The van der Waals surface area contributed by atoms with Crippen molar-refractivity contribution in [2.75, 3.05) is 32.8 Å². The van der Waals surface area contributed by atoms with Crippen LogP contribution in [0.3, 0.4) is 0 Å². The number of aliphatic hydroxyl groups excluding tert-OH is 1. The van der Waals surface area contributed by atoms with Crippen molar-refractivity contribution in [3.8, 4) is 0 Å². The maximum atomic E-state index is 9.39. The molecule has 0 atom stereocenters. The number of nitrogens with zero attached hydrogens (tertiary/aromatic N) is 2. The van der Waals surface area contributed by atoms with Crippen LogP contribution in [0.4, 0.5) is 0 Å². The highest BCUT2D eigenvalue weighted by Gasteiger charge is 2.28. The first kappa shape index (κ1) is 13.5. The van der Waals surface area contributed by atoms with Crippen molar-refractivity contribution in [1.29, 1.82) is 0 Å². The van der Waals surface area contributed by atoms with E-state index < -0.39 is 0 Å². The highest BCUT2D eigenvalue weighted by Crippen LogP contribution is 2.17. The topological polar surface area (TPSA) is 26.7 Å². The number of hydrogen-bond acceptors (Lipinski definition) is 3. The van der Waals surface area contributed by atoms with Crippen LogP contribution in [0.15, 0.2) is 30.3 Å². The minimum absolute atomic E-state index is 0.0845. The summed E-state index contributed by atoms with van der Waals surface area (Å²) in [6.45, 7) is 9.73. The van der Waals surface area contributed by atoms with Gasteiger partial charge in [-0.05, 0) is 19.4 Å². The lowest BCUT2D eigenvalue weighted by Gasteiger charge is -2.43. The van der Waals surface area contributed by atoms with Gasteiger partial charge in [0, 0.05) is 38.3 Å². The maximum Gasteiger partial charge on any atom is 0.0610 e. The van der Waals surface area contributed by atoms with Crippen LogP contribution in [-0.2, 0) is 6.54 Å². The van der Waals surface area contributed by atoms with E-state index in [0.717, 1.165) is 32.7 Å². The van der Waals surface area contributed by atoms with Gasteiger partial charge in [-0.2, -0.15) is 0 Å². The van der Waals surface area contributed by atoms with Crippen molar-refractivity contribution in [3.05, 3.63) is 35.9 Å². The van der Waals surface area contributed by atoms with Crippen molar-refractivity contribution < 1.29 is 5.11 Å². The average Bonchev–Trinajstić information content (AvgIpc) is 2.40. The summed E-state index contributed by atoms with van der Waals surface area (Å²) in [7, 11) is 0. The second-order valence-corrected chi connectivity index (χ2v) is 5.72. The minimum atomic E-state index is -0.0845. The Morgan fingerprint density at radius 3 is 2.22 bits per heavy atom. The lowest BCUT2D eigenvalue weighted by molar-refractivity contribution is 0.0148. The zero-order valence-corrected chi connectivity index (χ0v) is 11.5. The highest BCUT2D eigenvalue weighted by atomic mass is 16.3. The average molecular weight is 248 g/mol. The van der Waals surface area contributed by atoms with Gasteiger partial charge in [0.05, 0.1) is 6.61 Å². The second-order valence-electron chi connectivity index (χ2n) is 5.72. The van der Waals surface area contributed by atoms with Crippen molar-refractivity contribution >= 4 is 0 Å². The molecule has 1 saturated heterocycles. The van der Waals surface area contributed by atoms with E-state index in [-0.39, 0.29) is 12.1 Å². The number of benzene rings is 1. The van der Waals surface area contributed by atoms with Crippen LogP contribution in [0.2, 0.25) is 0 Å². The molecule has 1 aliphatic rings. The predicted molar refractivity (Wildman–Crippen MR) is 74.5 cm³/mol. The van der Waals surface area contributed by atoms with E-state index >= 15 is 0 Å². The van der Waals surface area contributed by atoms with Crippen molar-refractivity contribution in [3.63, 3.8) is 0 Å². The fourth-order valence-corrected chi connectivity index (χ4v) is 2.45. The summed E-state index contributed by atoms with van der Waals surface area (Å²) < 4.78 is 0. The number of hydrogen-bond donors (Lipinski definition) is 1. The van der Waals surface area contributed by atoms with Crippen LogP contribution in [0.25, 0.3) is 0 Å². The second kappa shape index (κ2) is 5.83. The molecule has 0 amide bonds. The monoisotopic (exact) mass is 248 g/mol. The first-order valence-corrected chi connectivity index (χ1v) is 6.74. The predicted octanol–water partition coefficient (Wildman–Crippen LogP) is 1.58. The lowest BCUT2D eigenvalue weighted by Crippen LogP contribution is -2.55. The van der Waals surface area contributed by atoms with Gasteiger partial charge in [-0.3, -0.25) is 9.80 Å². The molecule has 0 aliphatic carbocycles. The standard InChI is InChI=1S/C15H24N2O/c1-15(2,13-18)17-10-8-16(9-11-17)12-14-6-4-3-5-7-14/h3-7,18H,8-13H2,1-2H3. The summed E-state index contributed by atoms with van der Waals surface area (Å²) in [5.41, 5.74) is 1.30. The molecule has 0 aromatic heterocycles. The van der Waals surface area contributed by atoms with Gasteiger partial charge < -0.3 is 5.11 Å². The van der Waals surface area contributed by atoms with E-state index in [2.05, 4.69) is 54.0 Å². The third-order valence-electron chi connectivity index (χ3n) is 3.86. The number of aliphatic hydroxyl groups is 1. The van der Waals surface area contributed by atoms with E-state index in [9.17, 15) is 5.11 Å². The first-order chi connectivity index (χ1) is 8.62. The van der Waals surface area contributed by atoms with Gasteiger partial charge in [-0.15, -0.1) is 0 Å². The van der Waals surface area contributed by atoms with E-state index in [0.29, 0.717) is 0 Å². The largest absolute Gasteiger partial charge is 0.394 e. The first-order valence-electron chi connectivity index (χ1n) is 6.74. The van der Waals surface area contributed by atoms with Crippen LogP contribution in [-0.4, -0.2) is 53.2 Å². The van der Waals surface area contributed by atoms with Crippen LogP contribution in [0, 0.1) is 0 Å². The summed E-state index contributed by atoms with van der Waals surface area (Å²) in [6.07, 6.45) is 0. The molecule has 1 aromatic carbocycles. The lowest BCUT2D eigenvalue weighted by atomic mass is 10.0. The third kappa shape index (κ3) is 3.31. The van der Waals surface area contributed by atoms with Gasteiger partial charge in [0.15, 0.2) is 0 Å². The molecule has 100 valence electrons. The Kier molecular flexibility index (Phi) is 4.38. The van der Waals surface area contributed by atoms with Gasteiger partial charge in [0.1, 0.15) is 0 Å². The van der Waals surface area contributed by atoms with Crippen LogP contribution in [0.1, 0.15) is 19.4 Å². The number of piperazine rings is 1. The molecule has 3 nitrogen and oxygen atoms in total. The maximum absolute atomic E-state index is 9.39. The summed E-state index contributed by atoms with van der Waals surface area (Å²) in [6, 6.07) is 10.6. The normalized spacial score (nSPS) is 19.1. The number of rotatable bonds is 4. The minimum Gasteiger partial charge on any atom is -0.394 e. The smallest absolute Gasteiger partial charge is 0.0610 e. The Morgan fingerprint density at radius 1 is 1.06 bits per heavy atom. The Morgan fingerprint density at radius 2 is 1.67 bits per heavy atom. The molecule has 0 spiro atoms. The molecule has 1 fully saturated rings. The molecule has 0 radical (unpaired) electrons. The van der Waals surface area contributed by atoms with E-state index in [4.69, 9.17) is 0 Å². The molecule has 1 aliphatic heterocycles.